The van der Waals surface area contributed by atoms with Gasteiger partial charge in [0.25, 0.3) is 5.91 Å². The lowest BCUT2D eigenvalue weighted by molar-refractivity contribution is 0.0914. The highest BCUT2D eigenvalue weighted by atomic mass is 16.2. The topological polar surface area (TPSA) is 57.3 Å². The molecule has 27 heavy (non-hydrogen) atoms. The van der Waals surface area contributed by atoms with Gasteiger partial charge in [0.2, 0.25) is 0 Å². The molecule has 3 rings (SSSR count). The molecule has 144 valence electrons. The van der Waals surface area contributed by atoms with Crippen LogP contribution < -0.4 is 15.5 Å². The molecule has 0 spiro atoms. The summed E-state index contributed by atoms with van der Waals surface area (Å²) in [4.78, 5) is 18.9. The Bertz CT molecular complexity index is 754. The minimum Gasteiger partial charge on any atom is -0.372 e. The molecule has 0 unspecified atom stereocenters. The zero-order valence-corrected chi connectivity index (χ0v) is 16.7. The van der Waals surface area contributed by atoms with Gasteiger partial charge in [-0.25, -0.2) is 4.98 Å². The van der Waals surface area contributed by atoms with Gasteiger partial charge in [-0.1, -0.05) is 6.92 Å². The number of piperidine rings is 1. The summed E-state index contributed by atoms with van der Waals surface area (Å²) in [6, 6.07) is 12.1. The van der Waals surface area contributed by atoms with Gasteiger partial charge in [-0.05, 0) is 75.9 Å². The van der Waals surface area contributed by atoms with E-state index in [1.165, 1.54) is 18.5 Å². The second-order valence-electron chi connectivity index (χ2n) is 8.48. The summed E-state index contributed by atoms with van der Waals surface area (Å²) in [5.74, 6) is 0.678. The average Bonchev–Trinajstić information content (AvgIpc) is 2.62. The molecule has 0 bridgehead atoms. The molecular weight excluding hydrogens is 336 g/mol. The highest BCUT2D eigenvalue weighted by Crippen LogP contribution is 2.25. The number of rotatable bonds is 4. The zero-order valence-electron chi connectivity index (χ0n) is 16.7. The van der Waals surface area contributed by atoms with Crippen molar-refractivity contribution in [2.45, 2.75) is 46.1 Å². The minimum atomic E-state index is -0.274. The molecule has 2 heterocycles. The Morgan fingerprint density at radius 2 is 1.67 bits per heavy atom. The predicted octanol–water partition coefficient (Wildman–Crippen LogP) is 4.59. The SMILES string of the molecule is CC1CCN(c2ccc(Nc3ccc(C(=O)NC(C)(C)C)nc3)cc2)CC1. The number of carbonyl (C=O) groups is 1. The maximum atomic E-state index is 12.1. The van der Waals surface area contributed by atoms with Gasteiger partial charge in [-0.3, -0.25) is 4.79 Å². The lowest BCUT2D eigenvalue weighted by Crippen LogP contribution is -2.40. The summed E-state index contributed by atoms with van der Waals surface area (Å²) in [7, 11) is 0. The molecule has 0 saturated carbocycles. The first-order valence-corrected chi connectivity index (χ1v) is 9.71. The van der Waals surface area contributed by atoms with Crippen molar-refractivity contribution >= 4 is 23.0 Å². The maximum Gasteiger partial charge on any atom is 0.270 e. The quantitative estimate of drug-likeness (QED) is 0.831. The van der Waals surface area contributed by atoms with Crippen molar-refractivity contribution in [1.29, 1.82) is 0 Å². The summed E-state index contributed by atoms with van der Waals surface area (Å²) in [5, 5.41) is 6.26. The third-order valence-corrected chi connectivity index (χ3v) is 4.79. The molecule has 2 N–H and O–H groups in total. The van der Waals surface area contributed by atoms with Gasteiger partial charge < -0.3 is 15.5 Å². The summed E-state index contributed by atoms with van der Waals surface area (Å²) in [5.41, 5.74) is 3.30. The van der Waals surface area contributed by atoms with E-state index in [1.54, 1.807) is 12.3 Å². The third-order valence-electron chi connectivity index (χ3n) is 4.79. The molecule has 1 fully saturated rings. The molecule has 1 aromatic carbocycles. The summed E-state index contributed by atoms with van der Waals surface area (Å²) >= 11 is 0. The van der Waals surface area contributed by atoms with Crippen molar-refractivity contribution in [3.05, 3.63) is 48.3 Å². The average molecular weight is 367 g/mol. The Labute approximate surface area is 162 Å². The number of benzene rings is 1. The number of anilines is 3. The van der Waals surface area contributed by atoms with Gasteiger partial charge in [0, 0.05) is 30.0 Å². The smallest absolute Gasteiger partial charge is 0.270 e. The first kappa shape index (κ1) is 19.2. The second-order valence-corrected chi connectivity index (χ2v) is 8.48. The van der Waals surface area contributed by atoms with E-state index in [4.69, 9.17) is 0 Å². The highest BCUT2D eigenvalue weighted by molar-refractivity contribution is 5.93. The number of nitrogens with one attached hydrogen (secondary N) is 2. The van der Waals surface area contributed by atoms with E-state index in [-0.39, 0.29) is 11.4 Å². The van der Waals surface area contributed by atoms with Crippen LogP contribution in [0.15, 0.2) is 42.6 Å². The van der Waals surface area contributed by atoms with Crippen molar-refractivity contribution in [1.82, 2.24) is 10.3 Å². The van der Waals surface area contributed by atoms with E-state index in [9.17, 15) is 4.79 Å². The summed E-state index contributed by atoms with van der Waals surface area (Å²) < 4.78 is 0. The van der Waals surface area contributed by atoms with Crippen LogP contribution in [0, 0.1) is 5.92 Å². The van der Waals surface area contributed by atoms with E-state index < -0.39 is 0 Å². The van der Waals surface area contributed by atoms with Crippen LogP contribution in [0.25, 0.3) is 0 Å². The number of hydrogen-bond acceptors (Lipinski definition) is 4. The fraction of sp³-hybridized carbons (Fsp3) is 0.455. The van der Waals surface area contributed by atoms with Gasteiger partial charge >= 0.3 is 0 Å². The van der Waals surface area contributed by atoms with Gasteiger partial charge in [-0.15, -0.1) is 0 Å². The molecule has 5 nitrogen and oxygen atoms in total. The van der Waals surface area contributed by atoms with Crippen LogP contribution in [0.4, 0.5) is 17.1 Å². The monoisotopic (exact) mass is 366 g/mol. The van der Waals surface area contributed by atoms with E-state index in [2.05, 4.69) is 51.7 Å². The number of aromatic nitrogens is 1. The molecule has 1 saturated heterocycles. The molecule has 1 aliphatic heterocycles. The zero-order chi connectivity index (χ0) is 19.4. The fourth-order valence-electron chi connectivity index (χ4n) is 3.20. The normalized spacial score (nSPS) is 15.5. The number of carbonyl (C=O) groups excluding carboxylic acids is 1. The van der Waals surface area contributed by atoms with E-state index >= 15 is 0 Å². The Balaban J connectivity index is 1.59. The van der Waals surface area contributed by atoms with Crippen LogP contribution >= 0.6 is 0 Å². The Kier molecular flexibility index (Phi) is 5.68. The van der Waals surface area contributed by atoms with Crippen LogP contribution in [0.2, 0.25) is 0 Å². The van der Waals surface area contributed by atoms with Gasteiger partial charge in [-0.2, -0.15) is 0 Å². The number of pyridine rings is 1. The third kappa shape index (κ3) is 5.46. The second kappa shape index (κ2) is 7.99. The van der Waals surface area contributed by atoms with Crippen molar-refractivity contribution in [2.24, 2.45) is 5.92 Å². The van der Waals surface area contributed by atoms with E-state index in [0.29, 0.717) is 5.69 Å². The molecule has 0 aliphatic carbocycles. The van der Waals surface area contributed by atoms with Crippen LogP contribution in [0.5, 0.6) is 0 Å². The molecule has 0 atom stereocenters. The lowest BCUT2D eigenvalue weighted by Gasteiger charge is -2.32. The minimum absolute atomic E-state index is 0.158. The number of nitrogens with zero attached hydrogens (tertiary/aromatic N) is 2. The van der Waals surface area contributed by atoms with E-state index in [1.807, 2.05) is 26.8 Å². The molecule has 0 radical (unpaired) electrons. The molecule has 1 amide bonds. The molecule has 5 heteroatoms. The van der Waals surface area contributed by atoms with Crippen LogP contribution in [-0.2, 0) is 0 Å². The first-order valence-electron chi connectivity index (χ1n) is 9.71. The molecular formula is C22H30N4O. The van der Waals surface area contributed by atoms with Crippen LogP contribution in [-0.4, -0.2) is 29.5 Å². The largest absolute Gasteiger partial charge is 0.372 e. The van der Waals surface area contributed by atoms with Gasteiger partial charge in [0.15, 0.2) is 0 Å². The Hall–Kier alpha value is -2.56. The Morgan fingerprint density at radius 3 is 2.22 bits per heavy atom. The lowest BCUT2D eigenvalue weighted by atomic mass is 9.99. The molecule has 1 aromatic heterocycles. The highest BCUT2D eigenvalue weighted by Gasteiger charge is 2.17. The first-order chi connectivity index (χ1) is 12.8. The number of hydrogen-bond donors (Lipinski definition) is 2. The predicted molar refractivity (Wildman–Crippen MR) is 112 cm³/mol. The standard InChI is InChI=1S/C22H30N4O/c1-16-11-13-26(14-12-16)19-8-5-17(6-9-19)24-18-7-10-20(23-15-18)21(27)25-22(2,3)4/h5-10,15-16,24H,11-14H2,1-4H3,(H,25,27). The van der Waals surface area contributed by atoms with Crippen molar-refractivity contribution in [2.75, 3.05) is 23.3 Å². The van der Waals surface area contributed by atoms with Gasteiger partial charge in [0.1, 0.15) is 5.69 Å². The van der Waals surface area contributed by atoms with Crippen LogP contribution in [0.1, 0.15) is 51.0 Å². The number of amides is 1. The van der Waals surface area contributed by atoms with Gasteiger partial charge in [0.05, 0.1) is 11.9 Å². The maximum absolute atomic E-state index is 12.1. The molecule has 1 aliphatic rings. The summed E-state index contributed by atoms with van der Waals surface area (Å²) in [6.45, 7) is 10.5. The van der Waals surface area contributed by atoms with Crippen molar-refractivity contribution in [3.8, 4) is 0 Å². The van der Waals surface area contributed by atoms with Crippen molar-refractivity contribution in [3.63, 3.8) is 0 Å². The van der Waals surface area contributed by atoms with E-state index in [0.717, 1.165) is 30.4 Å². The molecule has 2 aromatic rings. The van der Waals surface area contributed by atoms with Crippen molar-refractivity contribution < 1.29 is 4.79 Å². The van der Waals surface area contributed by atoms with Crippen LogP contribution in [0.3, 0.4) is 0 Å². The fourth-order valence-corrected chi connectivity index (χ4v) is 3.20. The Morgan fingerprint density at radius 1 is 1.04 bits per heavy atom. The summed E-state index contributed by atoms with van der Waals surface area (Å²) in [6.07, 6.45) is 4.22.